The van der Waals surface area contributed by atoms with Gasteiger partial charge >= 0.3 is 0 Å². The fourth-order valence-electron chi connectivity index (χ4n) is 2.54. The van der Waals surface area contributed by atoms with Crippen molar-refractivity contribution in [2.24, 2.45) is 5.92 Å². The van der Waals surface area contributed by atoms with Crippen LogP contribution in [-0.2, 0) is 11.2 Å². The lowest BCUT2D eigenvalue weighted by molar-refractivity contribution is -0.129. The number of halogens is 1. The predicted octanol–water partition coefficient (Wildman–Crippen LogP) is 1.73. The molecule has 1 saturated heterocycles. The predicted molar refractivity (Wildman–Crippen MR) is 82.6 cm³/mol. The highest BCUT2D eigenvalue weighted by Gasteiger charge is 2.25. The Balaban J connectivity index is 0.00000200. The molecule has 1 aromatic carbocycles. The number of nitrogens with zero attached hydrogens (tertiary/aromatic N) is 1. The molecule has 1 amide bonds. The summed E-state index contributed by atoms with van der Waals surface area (Å²) < 4.78 is 5.11. The van der Waals surface area contributed by atoms with E-state index in [1.165, 1.54) is 0 Å². The zero-order chi connectivity index (χ0) is 13.7. The zero-order valence-electron chi connectivity index (χ0n) is 12.1. The monoisotopic (exact) mass is 298 g/mol. The quantitative estimate of drug-likeness (QED) is 0.900. The van der Waals surface area contributed by atoms with Gasteiger partial charge in [0, 0.05) is 13.1 Å². The highest BCUT2D eigenvalue weighted by Crippen LogP contribution is 2.17. The van der Waals surface area contributed by atoms with Gasteiger partial charge in [0.1, 0.15) is 5.75 Å². The highest BCUT2D eigenvalue weighted by molar-refractivity contribution is 5.85. The third-order valence-electron chi connectivity index (χ3n) is 3.65. The summed E-state index contributed by atoms with van der Waals surface area (Å²) >= 11 is 0. The van der Waals surface area contributed by atoms with E-state index in [-0.39, 0.29) is 18.3 Å². The lowest BCUT2D eigenvalue weighted by Gasteiger charge is -2.16. The zero-order valence-corrected chi connectivity index (χ0v) is 12.9. The van der Waals surface area contributed by atoms with E-state index < -0.39 is 0 Å². The van der Waals surface area contributed by atoms with Crippen molar-refractivity contribution >= 4 is 18.3 Å². The lowest BCUT2D eigenvalue weighted by atomic mass is 10.1. The lowest BCUT2D eigenvalue weighted by Crippen LogP contribution is -2.31. The molecule has 1 N–H and O–H groups in total. The van der Waals surface area contributed by atoms with Crippen molar-refractivity contribution in [3.8, 4) is 5.75 Å². The molecule has 1 aliphatic rings. The molecule has 0 bridgehead atoms. The number of ether oxygens (including phenoxy) is 1. The molecule has 1 heterocycles. The number of hydrogen-bond donors (Lipinski definition) is 1. The average Bonchev–Trinajstić information content (AvgIpc) is 2.89. The number of amides is 1. The van der Waals surface area contributed by atoms with Crippen molar-refractivity contribution in [2.45, 2.75) is 12.8 Å². The number of likely N-dealkylation sites (tertiary alicyclic amines) is 1. The largest absolute Gasteiger partial charge is 0.497 e. The molecular formula is C15H23ClN2O2. The molecule has 0 radical (unpaired) electrons. The van der Waals surface area contributed by atoms with Crippen molar-refractivity contribution in [3.05, 3.63) is 29.8 Å². The number of benzene rings is 1. The molecule has 0 spiro atoms. The topological polar surface area (TPSA) is 41.6 Å². The smallest absolute Gasteiger partial charge is 0.226 e. The molecule has 1 atom stereocenters. The first-order valence-electron chi connectivity index (χ1n) is 6.78. The van der Waals surface area contributed by atoms with Crippen LogP contribution in [0.3, 0.4) is 0 Å². The van der Waals surface area contributed by atoms with Gasteiger partial charge in [-0.1, -0.05) is 12.1 Å². The summed E-state index contributed by atoms with van der Waals surface area (Å²) in [6.45, 7) is 2.77. The Morgan fingerprint density at radius 3 is 2.70 bits per heavy atom. The maximum Gasteiger partial charge on any atom is 0.226 e. The van der Waals surface area contributed by atoms with E-state index in [0.717, 1.165) is 37.4 Å². The molecule has 1 unspecified atom stereocenters. The maximum absolute atomic E-state index is 12.2. The van der Waals surface area contributed by atoms with E-state index in [4.69, 9.17) is 4.74 Å². The molecule has 1 aliphatic heterocycles. The summed E-state index contributed by atoms with van der Waals surface area (Å²) in [6.07, 6.45) is 1.59. The van der Waals surface area contributed by atoms with E-state index in [1.807, 2.05) is 36.2 Å². The van der Waals surface area contributed by atoms with Crippen molar-refractivity contribution in [2.75, 3.05) is 33.8 Å². The standard InChI is InChI=1S/C15H22N2O2.ClH/c1-16-10-13-7-8-17(11-13)15(18)9-12-3-5-14(19-2)6-4-12;/h3-6,13,16H,7-11H2,1-2H3;1H. The van der Waals surface area contributed by atoms with Crippen molar-refractivity contribution < 1.29 is 9.53 Å². The van der Waals surface area contributed by atoms with Gasteiger partial charge in [-0.05, 0) is 43.6 Å². The molecule has 112 valence electrons. The minimum Gasteiger partial charge on any atom is -0.497 e. The molecule has 20 heavy (non-hydrogen) atoms. The Morgan fingerprint density at radius 2 is 2.10 bits per heavy atom. The highest BCUT2D eigenvalue weighted by atomic mass is 35.5. The van der Waals surface area contributed by atoms with E-state index in [1.54, 1.807) is 7.11 Å². The van der Waals surface area contributed by atoms with E-state index in [0.29, 0.717) is 12.3 Å². The van der Waals surface area contributed by atoms with E-state index in [2.05, 4.69) is 5.32 Å². The Morgan fingerprint density at radius 1 is 1.40 bits per heavy atom. The maximum atomic E-state index is 12.2. The van der Waals surface area contributed by atoms with E-state index >= 15 is 0 Å². The molecule has 2 rings (SSSR count). The third-order valence-corrected chi connectivity index (χ3v) is 3.65. The molecule has 4 nitrogen and oxygen atoms in total. The molecule has 5 heteroatoms. The van der Waals surface area contributed by atoms with Gasteiger partial charge in [0.15, 0.2) is 0 Å². The SMILES string of the molecule is CNCC1CCN(C(=O)Cc2ccc(OC)cc2)C1.Cl. The van der Waals surface area contributed by atoms with Crippen LogP contribution in [0.5, 0.6) is 5.75 Å². The normalized spacial score (nSPS) is 17.7. The Kier molecular flexibility index (Phi) is 6.82. The fourth-order valence-corrected chi connectivity index (χ4v) is 2.54. The summed E-state index contributed by atoms with van der Waals surface area (Å²) in [5.74, 6) is 1.65. The van der Waals surface area contributed by atoms with Crippen molar-refractivity contribution in [3.63, 3.8) is 0 Å². The van der Waals surface area contributed by atoms with Crippen LogP contribution in [0.25, 0.3) is 0 Å². The summed E-state index contributed by atoms with van der Waals surface area (Å²) in [7, 11) is 3.61. The van der Waals surface area contributed by atoms with Crippen LogP contribution in [0.2, 0.25) is 0 Å². The van der Waals surface area contributed by atoms with Gasteiger partial charge in [-0.3, -0.25) is 4.79 Å². The molecule has 1 aromatic rings. The van der Waals surface area contributed by atoms with Crippen LogP contribution in [-0.4, -0.2) is 44.6 Å². The van der Waals surface area contributed by atoms with Crippen molar-refractivity contribution in [1.29, 1.82) is 0 Å². The first kappa shape index (κ1) is 16.8. The number of carbonyl (C=O) groups excluding carboxylic acids is 1. The molecule has 1 fully saturated rings. The number of methoxy groups -OCH3 is 1. The number of nitrogens with one attached hydrogen (secondary N) is 1. The summed E-state index contributed by atoms with van der Waals surface area (Å²) in [4.78, 5) is 14.2. The number of carbonyl (C=O) groups is 1. The second kappa shape index (κ2) is 8.12. The molecule has 0 saturated carbocycles. The van der Waals surface area contributed by atoms with Gasteiger partial charge in [-0.15, -0.1) is 12.4 Å². The molecule has 0 aromatic heterocycles. The fraction of sp³-hybridized carbons (Fsp3) is 0.533. The second-order valence-corrected chi connectivity index (χ2v) is 5.08. The van der Waals surface area contributed by atoms with Crippen LogP contribution in [0, 0.1) is 5.92 Å². The van der Waals surface area contributed by atoms with Gasteiger partial charge in [0.2, 0.25) is 5.91 Å². The van der Waals surface area contributed by atoms with Gasteiger partial charge in [-0.25, -0.2) is 0 Å². The molecule has 0 aliphatic carbocycles. The Bertz CT molecular complexity index is 422. The van der Waals surface area contributed by atoms with Crippen LogP contribution in [0.1, 0.15) is 12.0 Å². The average molecular weight is 299 g/mol. The summed E-state index contributed by atoms with van der Waals surface area (Å²) in [5, 5.41) is 3.18. The number of hydrogen-bond acceptors (Lipinski definition) is 3. The summed E-state index contributed by atoms with van der Waals surface area (Å²) in [5.41, 5.74) is 1.04. The Hall–Kier alpha value is -1.26. The van der Waals surface area contributed by atoms with Crippen LogP contribution in [0.15, 0.2) is 24.3 Å². The minimum atomic E-state index is 0. The van der Waals surface area contributed by atoms with Crippen molar-refractivity contribution in [1.82, 2.24) is 10.2 Å². The first-order chi connectivity index (χ1) is 9.22. The Labute approximate surface area is 126 Å². The minimum absolute atomic E-state index is 0. The third kappa shape index (κ3) is 4.39. The summed E-state index contributed by atoms with van der Waals surface area (Å²) in [6, 6.07) is 7.71. The van der Waals surface area contributed by atoms with Gasteiger partial charge in [0.25, 0.3) is 0 Å². The van der Waals surface area contributed by atoms with Crippen LogP contribution < -0.4 is 10.1 Å². The van der Waals surface area contributed by atoms with Crippen LogP contribution in [0.4, 0.5) is 0 Å². The first-order valence-corrected chi connectivity index (χ1v) is 6.78. The van der Waals surface area contributed by atoms with Gasteiger partial charge < -0.3 is 15.0 Å². The molecular weight excluding hydrogens is 276 g/mol. The van der Waals surface area contributed by atoms with Crippen LogP contribution >= 0.6 is 12.4 Å². The van der Waals surface area contributed by atoms with Gasteiger partial charge in [-0.2, -0.15) is 0 Å². The second-order valence-electron chi connectivity index (χ2n) is 5.08. The number of rotatable bonds is 5. The van der Waals surface area contributed by atoms with E-state index in [9.17, 15) is 4.79 Å². The van der Waals surface area contributed by atoms with Gasteiger partial charge in [0.05, 0.1) is 13.5 Å².